The Bertz CT molecular complexity index is 551. The number of aliphatic hydroxyl groups excluding tert-OH is 1. The molecule has 1 rings (SSSR count). The summed E-state index contributed by atoms with van der Waals surface area (Å²) in [6, 6.07) is 5.65. The van der Waals surface area contributed by atoms with E-state index in [-0.39, 0.29) is 18.3 Å². The van der Waals surface area contributed by atoms with Crippen molar-refractivity contribution in [3.8, 4) is 5.75 Å². The molecule has 0 aromatic heterocycles. The standard InChI is InChI=1S/C18H28F3N3O3/c1-3-22-17(23-9-4-10-26-2)24-12-15(13-25)11-14-5-7-16(8-6-14)27-18(19,20)21/h5-8,15,25H,3-4,9-13H2,1-2H3,(H2,22,23,24). The number of ether oxygens (including phenoxy) is 2. The molecule has 0 spiro atoms. The summed E-state index contributed by atoms with van der Waals surface area (Å²) in [5, 5.41) is 15.9. The van der Waals surface area contributed by atoms with Crippen LogP contribution in [-0.4, -0.2) is 57.4 Å². The van der Waals surface area contributed by atoms with E-state index in [1.54, 1.807) is 19.2 Å². The van der Waals surface area contributed by atoms with Crippen LogP contribution >= 0.6 is 0 Å². The molecule has 0 fully saturated rings. The number of nitrogens with zero attached hydrogens (tertiary/aromatic N) is 1. The molecular weight excluding hydrogens is 363 g/mol. The van der Waals surface area contributed by atoms with Crippen LogP contribution < -0.4 is 15.4 Å². The summed E-state index contributed by atoms with van der Waals surface area (Å²) >= 11 is 0. The van der Waals surface area contributed by atoms with Crippen LogP contribution in [0.15, 0.2) is 29.3 Å². The molecule has 27 heavy (non-hydrogen) atoms. The van der Waals surface area contributed by atoms with E-state index >= 15 is 0 Å². The Morgan fingerprint density at radius 3 is 2.48 bits per heavy atom. The third-order valence-corrected chi connectivity index (χ3v) is 3.61. The molecule has 0 aliphatic rings. The van der Waals surface area contributed by atoms with Crippen molar-refractivity contribution in [1.29, 1.82) is 0 Å². The molecule has 0 saturated carbocycles. The highest BCUT2D eigenvalue weighted by molar-refractivity contribution is 5.79. The average molecular weight is 391 g/mol. The van der Waals surface area contributed by atoms with Gasteiger partial charge in [0.1, 0.15) is 5.75 Å². The molecule has 154 valence electrons. The van der Waals surface area contributed by atoms with Gasteiger partial charge in [0, 0.05) is 45.9 Å². The first kappa shape index (κ1) is 23.0. The molecule has 3 N–H and O–H groups in total. The van der Waals surface area contributed by atoms with Crippen molar-refractivity contribution in [2.75, 3.05) is 40.0 Å². The van der Waals surface area contributed by atoms with Crippen LogP contribution in [0.5, 0.6) is 5.75 Å². The van der Waals surface area contributed by atoms with Gasteiger partial charge in [-0.15, -0.1) is 13.2 Å². The van der Waals surface area contributed by atoms with Crippen LogP contribution in [0.3, 0.4) is 0 Å². The zero-order valence-electron chi connectivity index (χ0n) is 15.7. The Morgan fingerprint density at radius 2 is 1.93 bits per heavy atom. The summed E-state index contributed by atoms with van der Waals surface area (Å²) in [7, 11) is 1.65. The normalized spacial score (nSPS) is 13.3. The number of nitrogens with one attached hydrogen (secondary N) is 2. The van der Waals surface area contributed by atoms with Crippen LogP contribution in [0.1, 0.15) is 18.9 Å². The minimum absolute atomic E-state index is 0.0760. The summed E-state index contributed by atoms with van der Waals surface area (Å²) in [5.74, 6) is 0.245. The van der Waals surface area contributed by atoms with Crippen molar-refractivity contribution in [2.24, 2.45) is 10.9 Å². The van der Waals surface area contributed by atoms with Gasteiger partial charge in [-0.2, -0.15) is 0 Å². The fourth-order valence-corrected chi connectivity index (χ4v) is 2.33. The quantitative estimate of drug-likeness (QED) is 0.307. The molecule has 0 aliphatic carbocycles. The number of methoxy groups -OCH3 is 1. The van der Waals surface area contributed by atoms with E-state index < -0.39 is 6.36 Å². The zero-order chi connectivity index (χ0) is 20.1. The number of aliphatic imine (C=N–C) groups is 1. The fourth-order valence-electron chi connectivity index (χ4n) is 2.33. The minimum atomic E-state index is -4.71. The van der Waals surface area contributed by atoms with Gasteiger partial charge in [-0.1, -0.05) is 12.1 Å². The predicted molar refractivity (Wildman–Crippen MR) is 97.9 cm³/mol. The second kappa shape index (κ2) is 12.4. The molecule has 0 radical (unpaired) electrons. The fraction of sp³-hybridized carbons (Fsp3) is 0.611. The number of halogens is 3. The lowest BCUT2D eigenvalue weighted by Gasteiger charge is -2.15. The van der Waals surface area contributed by atoms with Crippen molar-refractivity contribution >= 4 is 5.96 Å². The number of aliphatic hydroxyl groups is 1. The Hall–Kier alpha value is -2.00. The monoisotopic (exact) mass is 391 g/mol. The molecule has 0 amide bonds. The molecule has 9 heteroatoms. The minimum Gasteiger partial charge on any atom is -0.406 e. The van der Waals surface area contributed by atoms with Gasteiger partial charge in [0.2, 0.25) is 0 Å². The maximum atomic E-state index is 12.2. The summed E-state index contributed by atoms with van der Waals surface area (Å²) in [6.45, 7) is 4.34. The highest BCUT2D eigenvalue weighted by atomic mass is 19.4. The van der Waals surface area contributed by atoms with E-state index in [1.165, 1.54) is 12.1 Å². The van der Waals surface area contributed by atoms with E-state index in [1.807, 2.05) is 6.92 Å². The van der Waals surface area contributed by atoms with Gasteiger partial charge in [-0.05, 0) is 37.5 Å². The Labute approximate surface area is 157 Å². The van der Waals surface area contributed by atoms with Crippen molar-refractivity contribution in [1.82, 2.24) is 10.6 Å². The van der Waals surface area contributed by atoms with E-state index in [0.29, 0.717) is 38.6 Å². The average Bonchev–Trinajstić information content (AvgIpc) is 2.62. The van der Waals surface area contributed by atoms with Crippen LogP contribution in [-0.2, 0) is 11.2 Å². The molecule has 0 bridgehead atoms. The summed E-state index contributed by atoms with van der Waals surface area (Å²) in [5.41, 5.74) is 0.803. The Morgan fingerprint density at radius 1 is 1.22 bits per heavy atom. The van der Waals surface area contributed by atoms with Gasteiger partial charge in [0.05, 0.1) is 0 Å². The SMILES string of the molecule is CCNC(=NCC(CO)Cc1ccc(OC(F)(F)F)cc1)NCCCOC. The molecule has 1 aromatic carbocycles. The van der Waals surface area contributed by atoms with Gasteiger partial charge >= 0.3 is 6.36 Å². The van der Waals surface area contributed by atoms with Crippen LogP contribution in [0, 0.1) is 5.92 Å². The van der Waals surface area contributed by atoms with Gasteiger partial charge < -0.3 is 25.2 Å². The van der Waals surface area contributed by atoms with Crippen LogP contribution in [0.4, 0.5) is 13.2 Å². The van der Waals surface area contributed by atoms with Crippen LogP contribution in [0.25, 0.3) is 0 Å². The predicted octanol–water partition coefficient (Wildman–Crippen LogP) is 2.33. The van der Waals surface area contributed by atoms with Crippen molar-refractivity contribution < 1.29 is 27.8 Å². The van der Waals surface area contributed by atoms with Gasteiger partial charge in [0.25, 0.3) is 0 Å². The zero-order valence-corrected chi connectivity index (χ0v) is 15.7. The molecular formula is C18H28F3N3O3. The Balaban J connectivity index is 2.58. The second-order valence-corrected chi connectivity index (χ2v) is 5.94. The topological polar surface area (TPSA) is 75.1 Å². The second-order valence-electron chi connectivity index (χ2n) is 5.94. The van der Waals surface area contributed by atoms with Gasteiger partial charge in [-0.3, -0.25) is 4.99 Å². The third-order valence-electron chi connectivity index (χ3n) is 3.61. The molecule has 0 aliphatic heterocycles. The van der Waals surface area contributed by atoms with Crippen LogP contribution in [0.2, 0.25) is 0 Å². The number of rotatable bonds is 11. The lowest BCUT2D eigenvalue weighted by atomic mass is 10.0. The highest BCUT2D eigenvalue weighted by Gasteiger charge is 2.30. The number of guanidine groups is 1. The maximum Gasteiger partial charge on any atom is 0.573 e. The summed E-state index contributed by atoms with van der Waals surface area (Å²) < 4.78 is 45.4. The van der Waals surface area contributed by atoms with Crippen molar-refractivity contribution in [3.05, 3.63) is 29.8 Å². The molecule has 0 saturated heterocycles. The number of benzene rings is 1. The molecule has 1 aromatic rings. The van der Waals surface area contributed by atoms with Gasteiger partial charge in [-0.25, -0.2) is 0 Å². The smallest absolute Gasteiger partial charge is 0.406 e. The third kappa shape index (κ3) is 10.7. The number of hydrogen-bond acceptors (Lipinski definition) is 4. The molecule has 1 atom stereocenters. The molecule has 0 heterocycles. The molecule has 6 nitrogen and oxygen atoms in total. The number of hydrogen-bond donors (Lipinski definition) is 3. The molecule has 1 unspecified atom stereocenters. The maximum absolute atomic E-state index is 12.2. The van der Waals surface area contributed by atoms with E-state index in [4.69, 9.17) is 4.74 Å². The summed E-state index contributed by atoms with van der Waals surface area (Å²) in [4.78, 5) is 4.46. The van der Waals surface area contributed by atoms with Gasteiger partial charge in [0.15, 0.2) is 5.96 Å². The first-order valence-electron chi connectivity index (χ1n) is 8.84. The number of alkyl halides is 3. The largest absolute Gasteiger partial charge is 0.573 e. The van der Waals surface area contributed by atoms with E-state index in [0.717, 1.165) is 12.0 Å². The Kier molecular flexibility index (Phi) is 10.6. The van der Waals surface area contributed by atoms with E-state index in [9.17, 15) is 18.3 Å². The lowest BCUT2D eigenvalue weighted by molar-refractivity contribution is -0.274. The first-order valence-corrected chi connectivity index (χ1v) is 8.84. The van der Waals surface area contributed by atoms with Crippen molar-refractivity contribution in [2.45, 2.75) is 26.1 Å². The summed E-state index contributed by atoms with van der Waals surface area (Å²) in [6.07, 6.45) is -3.37. The first-order chi connectivity index (χ1) is 12.9. The van der Waals surface area contributed by atoms with E-state index in [2.05, 4.69) is 20.4 Å². The lowest BCUT2D eigenvalue weighted by Crippen LogP contribution is -2.38. The van der Waals surface area contributed by atoms with Crippen molar-refractivity contribution in [3.63, 3.8) is 0 Å². The highest BCUT2D eigenvalue weighted by Crippen LogP contribution is 2.23.